The molecule has 0 radical (unpaired) electrons. The predicted molar refractivity (Wildman–Crippen MR) is 330 cm³/mol. The third kappa shape index (κ3) is 13.0. The van der Waals surface area contributed by atoms with Crippen molar-refractivity contribution in [3.63, 3.8) is 0 Å². The van der Waals surface area contributed by atoms with Crippen LogP contribution in [0.5, 0.6) is 0 Å². The largest absolute Gasteiger partial charge is 0.481 e. The molecular weight excluding hydrogens is 1190 g/mol. The van der Waals surface area contributed by atoms with Gasteiger partial charge in [0, 0.05) is 131 Å². The third-order valence-electron chi connectivity index (χ3n) is 20.5. The van der Waals surface area contributed by atoms with Gasteiger partial charge >= 0.3 is 19.8 Å². The van der Waals surface area contributed by atoms with Crippen LogP contribution in [-0.4, -0.2) is 143 Å². The maximum atomic E-state index is 14.4. The fraction of sp³-hybridized carbons (Fsp3) is 0.629. The number of primary amides is 4. The van der Waals surface area contributed by atoms with E-state index in [0.29, 0.717) is 56.4 Å². The monoisotopic (exact) mass is 1270 g/mol. The molecule has 2 fully saturated rings. The predicted octanol–water partition coefficient (Wildman–Crippen LogP) is 4.36. The van der Waals surface area contributed by atoms with Gasteiger partial charge in [0.25, 0.3) is 0 Å². The average molecular weight is 1270 g/mol. The Balaban J connectivity index is 1.19. The summed E-state index contributed by atoms with van der Waals surface area (Å²) in [5.41, 5.74) is 24.8. The molecular formula is C62H88N11O16P. The standard InChI is InChI=1S/C62H88N11O16P/c1-29-20-39-40(21-30(29)2)73(28-68-39)57-52(84)53(41(27-74)87-57)89-90(85,86)88-31(3)26-67-47(79)18-19-59(8)37(22-44(64)76)56-62(11)61(10,25-46(66)78)36(12-15-43(63)75)51(72-62)33(5)55-60(9,24-45(65)77)34(13-16-48(80)81)38(69-55)23-42-58(6,7)35(14-17-49(82)83)50(70-42)32(4)54(59)71-56/h20-21,23,28,31,34-37,41,52-53,56-57,69,74,84H,12-19,22,24-27H2,1-11H3,(H2,63,75)(H2,64,76)(H2,65,77)(H2,66,78)(H,67,79)(H,80,81)(H,82,83)(H,85,86)/t31-,34-,35-,36-,37+,41-,52-,53-,56-,57+,59-,60+,61+,62+/m1/s1. The number of aliphatic hydroxyl groups excluding tert-OH is 2. The van der Waals surface area contributed by atoms with Crippen LogP contribution in [0, 0.1) is 59.2 Å². The number of allylic oxidation sites excluding steroid dienone is 6. The van der Waals surface area contributed by atoms with E-state index in [9.17, 15) is 63.4 Å². The summed E-state index contributed by atoms with van der Waals surface area (Å²) in [4.78, 5) is 125. The highest BCUT2D eigenvalue weighted by atomic mass is 31.2. The highest BCUT2D eigenvalue weighted by Gasteiger charge is 2.66. The number of benzene rings is 1. The number of nitrogens with zero attached hydrogens (tertiary/aromatic N) is 5. The molecule has 1 unspecified atom stereocenters. The molecule has 0 aliphatic carbocycles. The van der Waals surface area contributed by atoms with E-state index in [-0.39, 0.29) is 77.2 Å². The van der Waals surface area contributed by atoms with Gasteiger partial charge in [0.05, 0.1) is 41.7 Å². The lowest BCUT2D eigenvalue weighted by molar-refractivity contribution is -0.138. The van der Waals surface area contributed by atoms with Crippen molar-refractivity contribution < 1.29 is 77.2 Å². The van der Waals surface area contributed by atoms with Crippen molar-refractivity contribution in [3.8, 4) is 0 Å². The molecule has 27 nitrogen and oxygen atoms in total. The van der Waals surface area contributed by atoms with Crippen molar-refractivity contribution in [3.05, 3.63) is 63.9 Å². The Morgan fingerprint density at radius 3 is 2.04 bits per heavy atom. The number of aryl methyl sites for hydroxylation is 2. The lowest BCUT2D eigenvalue weighted by Gasteiger charge is -2.48. The summed E-state index contributed by atoms with van der Waals surface area (Å²) < 4.78 is 32.2. The van der Waals surface area contributed by atoms with Gasteiger partial charge in [-0.2, -0.15) is 0 Å². The van der Waals surface area contributed by atoms with Gasteiger partial charge in [-0.25, -0.2) is 9.55 Å². The summed E-state index contributed by atoms with van der Waals surface area (Å²) in [5.74, 6) is -8.60. The van der Waals surface area contributed by atoms with E-state index in [2.05, 4.69) is 15.6 Å². The highest BCUT2D eigenvalue weighted by Crippen LogP contribution is 2.63. The Labute approximate surface area is 522 Å². The molecule has 8 rings (SSSR count). The van der Waals surface area contributed by atoms with E-state index in [1.54, 1.807) is 32.3 Å². The maximum Gasteiger partial charge on any atom is 0.472 e. The number of ether oxygens (including phenoxy) is 1. The number of nitrogens with two attached hydrogens (primary N) is 4. The molecule has 2 saturated heterocycles. The molecule has 15 atom stereocenters. The van der Waals surface area contributed by atoms with Crippen molar-refractivity contribution >= 4 is 77.5 Å². The minimum atomic E-state index is -5.08. The summed E-state index contributed by atoms with van der Waals surface area (Å²) in [6.07, 6.45) is -5.35. The fourth-order valence-corrected chi connectivity index (χ4v) is 16.6. The molecule has 0 spiro atoms. The topological polar surface area (TPSA) is 448 Å². The molecule has 90 heavy (non-hydrogen) atoms. The third-order valence-corrected chi connectivity index (χ3v) is 21.7. The smallest absolute Gasteiger partial charge is 0.472 e. The van der Waals surface area contributed by atoms with Crippen LogP contribution < -0.4 is 33.6 Å². The van der Waals surface area contributed by atoms with E-state index in [4.69, 9.17) is 51.7 Å². The van der Waals surface area contributed by atoms with Crippen LogP contribution in [0.25, 0.3) is 11.0 Å². The van der Waals surface area contributed by atoms with E-state index in [1.807, 2.05) is 59.8 Å². The zero-order valence-corrected chi connectivity index (χ0v) is 53.9. The van der Waals surface area contributed by atoms with Crippen LogP contribution >= 0.6 is 7.82 Å². The summed E-state index contributed by atoms with van der Waals surface area (Å²) in [7, 11) is -5.08. The molecule has 28 heteroatoms. The number of carboxylic acids is 2. The quantitative estimate of drug-likeness (QED) is 0.0583. The first-order valence-corrected chi connectivity index (χ1v) is 31.9. The van der Waals surface area contributed by atoms with Crippen molar-refractivity contribution in [2.75, 3.05) is 13.2 Å². The van der Waals surface area contributed by atoms with E-state index >= 15 is 0 Å². The van der Waals surface area contributed by atoms with Crippen LogP contribution in [0.3, 0.4) is 0 Å². The number of hydrogen-bond acceptors (Lipinski definition) is 18. The number of phosphoric ester groups is 1. The maximum absolute atomic E-state index is 14.4. The van der Waals surface area contributed by atoms with Crippen molar-refractivity contribution in [2.24, 2.45) is 83.2 Å². The number of nitrogens with one attached hydrogen (secondary N) is 2. The Bertz CT molecular complexity index is 3540. The second-order valence-corrected chi connectivity index (χ2v) is 28.3. The average Bonchev–Trinajstić information content (AvgIpc) is 1.53. The Morgan fingerprint density at radius 1 is 0.822 bits per heavy atom. The van der Waals surface area contributed by atoms with Crippen LogP contribution in [0.4, 0.5) is 0 Å². The Kier molecular flexibility index (Phi) is 19.6. The summed E-state index contributed by atoms with van der Waals surface area (Å²) in [6.45, 7) is 18.9. The van der Waals surface area contributed by atoms with Crippen molar-refractivity contribution in [1.29, 1.82) is 0 Å². The zero-order valence-electron chi connectivity index (χ0n) is 53.0. The lowest BCUT2D eigenvalue weighted by Crippen LogP contribution is -2.56. The summed E-state index contributed by atoms with van der Waals surface area (Å²) >= 11 is 0. The van der Waals surface area contributed by atoms with Gasteiger partial charge in [0.1, 0.15) is 18.3 Å². The van der Waals surface area contributed by atoms with Crippen molar-refractivity contribution in [2.45, 2.75) is 189 Å². The zero-order chi connectivity index (χ0) is 66.7. The number of carbonyl (C=O) groups is 7. The van der Waals surface area contributed by atoms with Crippen LogP contribution in [0.1, 0.15) is 150 Å². The number of carbonyl (C=O) groups excluding carboxylic acids is 5. The molecule has 6 aliphatic rings. The van der Waals surface area contributed by atoms with Crippen LogP contribution in [-0.2, 0) is 51.9 Å². The number of fused-ring (bicyclic) bond motifs is 7. The number of amides is 5. The Hall–Kier alpha value is -7.00. The molecule has 5 amide bonds. The number of rotatable bonds is 26. The summed E-state index contributed by atoms with van der Waals surface area (Å²) in [6, 6.07) is 2.65. The number of hydrogen-bond donors (Lipinski definition) is 11. The normalized spacial score (nSPS) is 32.0. The van der Waals surface area contributed by atoms with Gasteiger partial charge in [-0.3, -0.25) is 57.6 Å². The molecule has 8 bridgehead atoms. The molecule has 15 N–H and O–H groups in total. The van der Waals surface area contributed by atoms with Crippen LogP contribution in [0.15, 0.2) is 67.8 Å². The fourth-order valence-electron chi connectivity index (χ4n) is 15.4. The van der Waals surface area contributed by atoms with Gasteiger partial charge < -0.3 is 68.2 Å². The first-order chi connectivity index (χ1) is 41.8. The number of phosphoric acid groups is 1. The number of aromatic nitrogens is 2. The van der Waals surface area contributed by atoms with E-state index < -0.39 is 143 Å². The molecule has 0 saturated carbocycles. The van der Waals surface area contributed by atoms with Gasteiger partial charge in [-0.1, -0.05) is 34.6 Å². The SMILES string of the molecule is CC1=C2N=C(C=C3NC(=C(C)C4=N[C@@](C)([C@@H]5N=C1[C@](C)(CCC(=O)NC[C@@H](C)OP(=O)(O)O[C@H]1[C@@H](O)[C@@H](n6cnc7cc(C)c(C)cc76)O[C@@H]1CO)[C@H]5CC(N)=O)[C@@](C)(CC(N)=O)[C@@H]4CCC(N)=O)[C@@](C)(CC(N)=O)[C@@H]3CCC(=O)O)C(C)(C)[C@@H]2CCC(=O)O. The molecule has 1 aromatic heterocycles. The van der Waals surface area contributed by atoms with E-state index in [1.165, 1.54) is 13.3 Å². The van der Waals surface area contributed by atoms with Crippen molar-refractivity contribution in [1.82, 2.24) is 20.2 Å². The lowest BCUT2D eigenvalue weighted by atomic mass is 9.55. The molecule has 7 heterocycles. The number of aliphatic hydroxyl groups is 2. The van der Waals surface area contributed by atoms with Gasteiger partial charge in [0.15, 0.2) is 6.23 Å². The molecule has 492 valence electrons. The molecule has 1 aromatic carbocycles. The first kappa shape index (κ1) is 68.9. The second-order valence-electron chi connectivity index (χ2n) is 26.9. The Morgan fingerprint density at radius 2 is 1.44 bits per heavy atom. The minimum Gasteiger partial charge on any atom is -0.481 e. The van der Waals surface area contributed by atoms with E-state index in [0.717, 1.165) is 11.1 Å². The molecule has 6 aliphatic heterocycles. The van der Waals surface area contributed by atoms with Gasteiger partial charge in [0.2, 0.25) is 29.5 Å². The molecule has 2 aromatic rings. The number of carboxylic acid groups (broad SMARTS) is 2. The first-order valence-electron chi connectivity index (χ1n) is 30.4. The van der Waals surface area contributed by atoms with Gasteiger partial charge in [-0.05, 0) is 108 Å². The van der Waals surface area contributed by atoms with Crippen LogP contribution in [0.2, 0.25) is 0 Å². The highest BCUT2D eigenvalue weighted by molar-refractivity contribution is 7.47. The second kappa shape index (κ2) is 25.6. The minimum absolute atomic E-state index is 0.0305. The van der Waals surface area contributed by atoms with Gasteiger partial charge in [-0.15, -0.1) is 0 Å². The summed E-state index contributed by atoms with van der Waals surface area (Å²) in [5, 5.41) is 48.5. The number of aliphatic carboxylic acids is 2. The number of aliphatic imine (C=N–C) groups is 3. The number of imidazole rings is 1.